The number of aryl methyl sites for hydroxylation is 1. The third kappa shape index (κ3) is 6.20. The van der Waals surface area contributed by atoms with Crippen molar-refractivity contribution in [3.8, 4) is 0 Å². The molecule has 1 aromatic heterocycles. The molecule has 0 saturated carbocycles. The van der Waals surface area contributed by atoms with E-state index < -0.39 is 0 Å². The summed E-state index contributed by atoms with van der Waals surface area (Å²) in [5, 5.41) is 6.32. The third-order valence-electron chi connectivity index (χ3n) is 8.01. The van der Waals surface area contributed by atoms with Crippen LogP contribution in [0, 0.1) is 6.92 Å². The molecule has 1 aliphatic rings. The first-order valence-electron chi connectivity index (χ1n) is 14.4. The van der Waals surface area contributed by atoms with E-state index in [0.717, 1.165) is 93.8 Å². The molecule has 2 unspecified atom stereocenters. The van der Waals surface area contributed by atoms with Gasteiger partial charge in [-0.3, -0.25) is 0 Å². The Bertz CT molecular complexity index is 1510. The SMILES string of the molecule is CCN(CC)CCCC(C)Nc1nc(C2=CC(Cc3ccc(Cl)cc3)c3c(Cl)cccc32)nc2c(C)cccc12. The summed E-state index contributed by atoms with van der Waals surface area (Å²) in [7, 11) is 0. The van der Waals surface area contributed by atoms with Crippen LogP contribution in [0.15, 0.2) is 66.7 Å². The fraction of sp³-hybridized carbons (Fsp3) is 0.353. The molecule has 0 radical (unpaired) electrons. The maximum atomic E-state index is 6.81. The van der Waals surface area contributed by atoms with Gasteiger partial charge in [0, 0.05) is 33.0 Å². The van der Waals surface area contributed by atoms with Gasteiger partial charge in [0.2, 0.25) is 0 Å². The molecule has 0 bridgehead atoms. The number of allylic oxidation sites excluding steroid dienone is 1. The number of benzene rings is 3. The predicted molar refractivity (Wildman–Crippen MR) is 171 cm³/mol. The zero-order valence-electron chi connectivity index (χ0n) is 23.8. The van der Waals surface area contributed by atoms with Crippen LogP contribution < -0.4 is 5.32 Å². The van der Waals surface area contributed by atoms with Gasteiger partial charge in [0.25, 0.3) is 0 Å². The number of para-hydroxylation sites is 1. The second kappa shape index (κ2) is 12.7. The molecule has 3 aromatic carbocycles. The van der Waals surface area contributed by atoms with Crippen LogP contribution in [0.4, 0.5) is 5.82 Å². The van der Waals surface area contributed by atoms with Crippen LogP contribution in [0.5, 0.6) is 0 Å². The first-order chi connectivity index (χ1) is 19.4. The molecule has 0 saturated heterocycles. The average Bonchev–Trinajstić information content (AvgIpc) is 3.32. The van der Waals surface area contributed by atoms with Crippen molar-refractivity contribution in [2.24, 2.45) is 0 Å². The summed E-state index contributed by atoms with van der Waals surface area (Å²) < 4.78 is 0. The summed E-state index contributed by atoms with van der Waals surface area (Å²) in [6.45, 7) is 12.1. The highest BCUT2D eigenvalue weighted by Gasteiger charge is 2.29. The molecule has 4 nitrogen and oxygen atoms in total. The number of fused-ring (bicyclic) bond motifs is 2. The number of aromatic nitrogens is 2. The fourth-order valence-electron chi connectivity index (χ4n) is 5.75. The highest BCUT2D eigenvalue weighted by Crippen LogP contribution is 2.44. The molecule has 6 heteroatoms. The van der Waals surface area contributed by atoms with Gasteiger partial charge in [-0.15, -0.1) is 0 Å². The summed E-state index contributed by atoms with van der Waals surface area (Å²) in [5.74, 6) is 1.76. The lowest BCUT2D eigenvalue weighted by Gasteiger charge is -2.21. The van der Waals surface area contributed by atoms with Gasteiger partial charge >= 0.3 is 0 Å². The molecule has 208 valence electrons. The lowest BCUT2D eigenvalue weighted by molar-refractivity contribution is 0.295. The molecule has 1 heterocycles. The standard InChI is InChI=1S/C34H38Cl2N4/c1-5-40(6-2)19-9-11-23(4)37-33-28-13-7-10-22(3)32(28)38-34(39-33)29-21-25(20-24-15-17-26(35)18-16-24)31-27(29)12-8-14-30(31)36/h7-8,10,12-18,21,23,25H,5-6,9,11,19-20H2,1-4H3,(H,37,38,39). The minimum atomic E-state index is 0.131. The summed E-state index contributed by atoms with van der Waals surface area (Å²) >= 11 is 13.0. The molecule has 0 amide bonds. The van der Waals surface area contributed by atoms with Crippen LogP contribution in [-0.2, 0) is 6.42 Å². The predicted octanol–water partition coefficient (Wildman–Crippen LogP) is 8.94. The van der Waals surface area contributed by atoms with E-state index in [1.807, 2.05) is 24.3 Å². The van der Waals surface area contributed by atoms with Crippen molar-refractivity contribution in [1.29, 1.82) is 0 Å². The van der Waals surface area contributed by atoms with E-state index in [1.54, 1.807) is 0 Å². The molecule has 0 aliphatic heterocycles. The summed E-state index contributed by atoms with van der Waals surface area (Å²) in [6.07, 6.45) is 5.35. The summed E-state index contributed by atoms with van der Waals surface area (Å²) in [5.41, 5.74) is 6.63. The molecule has 2 atom stereocenters. The fourth-order valence-corrected chi connectivity index (χ4v) is 6.19. The molecular formula is C34H38Cl2N4. The van der Waals surface area contributed by atoms with Gasteiger partial charge in [-0.25, -0.2) is 9.97 Å². The van der Waals surface area contributed by atoms with Gasteiger partial charge in [0.1, 0.15) is 5.82 Å². The Morgan fingerprint density at radius 2 is 1.70 bits per heavy atom. The number of halogens is 2. The van der Waals surface area contributed by atoms with E-state index in [-0.39, 0.29) is 5.92 Å². The number of nitrogens with one attached hydrogen (secondary N) is 1. The number of hydrogen-bond acceptors (Lipinski definition) is 4. The van der Waals surface area contributed by atoms with Gasteiger partial charge < -0.3 is 10.2 Å². The number of rotatable bonds is 11. The van der Waals surface area contributed by atoms with Crippen LogP contribution in [0.25, 0.3) is 16.5 Å². The van der Waals surface area contributed by atoms with Gasteiger partial charge in [-0.1, -0.05) is 79.5 Å². The van der Waals surface area contributed by atoms with E-state index in [2.05, 4.69) is 80.4 Å². The summed E-state index contributed by atoms with van der Waals surface area (Å²) in [6, 6.07) is 20.8. The maximum Gasteiger partial charge on any atom is 0.162 e. The van der Waals surface area contributed by atoms with Crippen molar-refractivity contribution in [1.82, 2.24) is 14.9 Å². The Balaban J connectivity index is 1.50. The largest absolute Gasteiger partial charge is 0.367 e. The van der Waals surface area contributed by atoms with Gasteiger partial charge in [-0.05, 0) is 99.3 Å². The van der Waals surface area contributed by atoms with Crippen LogP contribution in [0.3, 0.4) is 0 Å². The van der Waals surface area contributed by atoms with Crippen LogP contribution in [0.1, 0.15) is 67.6 Å². The normalized spacial score (nSPS) is 15.4. The highest BCUT2D eigenvalue weighted by atomic mass is 35.5. The molecule has 1 aliphatic carbocycles. The zero-order valence-corrected chi connectivity index (χ0v) is 25.4. The average molecular weight is 574 g/mol. The molecule has 0 spiro atoms. The molecule has 0 fully saturated rings. The summed E-state index contributed by atoms with van der Waals surface area (Å²) in [4.78, 5) is 12.8. The maximum absolute atomic E-state index is 6.81. The van der Waals surface area contributed by atoms with Gasteiger partial charge in [-0.2, -0.15) is 0 Å². The smallest absolute Gasteiger partial charge is 0.162 e. The van der Waals surface area contributed by atoms with Crippen molar-refractivity contribution >= 4 is 45.5 Å². The Morgan fingerprint density at radius 1 is 0.950 bits per heavy atom. The molecule has 4 aromatic rings. The minimum absolute atomic E-state index is 0.131. The van der Waals surface area contributed by atoms with Crippen LogP contribution in [-0.4, -0.2) is 40.5 Å². The first-order valence-corrected chi connectivity index (χ1v) is 15.1. The first kappa shape index (κ1) is 28.6. The Hall–Kier alpha value is -2.92. The Labute approximate surface area is 248 Å². The van der Waals surface area contributed by atoms with Crippen LogP contribution >= 0.6 is 23.2 Å². The minimum Gasteiger partial charge on any atom is -0.367 e. The number of hydrogen-bond donors (Lipinski definition) is 1. The lowest BCUT2D eigenvalue weighted by Crippen LogP contribution is -2.26. The van der Waals surface area contributed by atoms with E-state index in [1.165, 1.54) is 5.56 Å². The second-order valence-corrected chi connectivity index (χ2v) is 11.6. The van der Waals surface area contributed by atoms with Crippen molar-refractivity contribution in [3.63, 3.8) is 0 Å². The van der Waals surface area contributed by atoms with E-state index in [0.29, 0.717) is 6.04 Å². The van der Waals surface area contributed by atoms with Crippen molar-refractivity contribution < 1.29 is 0 Å². The Kier molecular flexibility index (Phi) is 9.10. The van der Waals surface area contributed by atoms with E-state index in [9.17, 15) is 0 Å². The monoisotopic (exact) mass is 572 g/mol. The van der Waals surface area contributed by atoms with Crippen molar-refractivity contribution in [2.75, 3.05) is 25.0 Å². The highest BCUT2D eigenvalue weighted by molar-refractivity contribution is 6.32. The molecule has 5 rings (SSSR count). The zero-order chi connectivity index (χ0) is 28.2. The van der Waals surface area contributed by atoms with Crippen LogP contribution in [0.2, 0.25) is 10.0 Å². The topological polar surface area (TPSA) is 41.0 Å². The number of anilines is 1. The van der Waals surface area contributed by atoms with Gasteiger partial charge in [0.15, 0.2) is 5.82 Å². The lowest BCUT2D eigenvalue weighted by atomic mass is 9.93. The Morgan fingerprint density at radius 3 is 2.45 bits per heavy atom. The molecule has 40 heavy (non-hydrogen) atoms. The van der Waals surface area contributed by atoms with E-state index >= 15 is 0 Å². The third-order valence-corrected chi connectivity index (χ3v) is 8.59. The van der Waals surface area contributed by atoms with Crippen molar-refractivity contribution in [3.05, 3.63) is 105 Å². The molecular weight excluding hydrogens is 535 g/mol. The second-order valence-electron chi connectivity index (χ2n) is 10.8. The number of nitrogens with zero attached hydrogens (tertiary/aromatic N) is 3. The van der Waals surface area contributed by atoms with Crippen molar-refractivity contribution in [2.45, 2.75) is 58.9 Å². The molecule has 1 N–H and O–H groups in total. The van der Waals surface area contributed by atoms with E-state index in [4.69, 9.17) is 33.2 Å². The van der Waals surface area contributed by atoms with Gasteiger partial charge in [0.05, 0.1) is 5.52 Å². The quantitative estimate of drug-likeness (QED) is 0.195.